The maximum atomic E-state index is 13.3. The average Bonchev–Trinajstić information content (AvgIpc) is 2.79. The Balaban J connectivity index is 1.90. The van der Waals surface area contributed by atoms with Gasteiger partial charge in [-0.25, -0.2) is 13.8 Å². The smallest absolute Gasteiger partial charge is 0.289 e. The van der Waals surface area contributed by atoms with Crippen molar-refractivity contribution in [1.29, 1.82) is 0 Å². The summed E-state index contributed by atoms with van der Waals surface area (Å²) >= 11 is 0. The molecule has 10 nitrogen and oxygen atoms in total. The first-order chi connectivity index (χ1) is 15.3. The highest BCUT2D eigenvalue weighted by molar-refractivity contribution is 7.93. The third-order valence-corrected chi connectivity index (χ3v) is 6.11. The molecule has 32 heavy (non-hydrogen) atoms. The van der Waals surface area contributed by atoms with Gasteiger partial charge in [-0.3, -0.25) is 19.2 Å². The van der Waals surface area contributed by atoms with Crippen molar-refractivity contribution in [2.24, 2.45) is 5.10 Å². The number of benzene rings is 3. The van der Waals surface area contributed by atoms with Crippen LogP contribution in [0.5, 0.6) is 5.75 Å². The zero-order chi connectivity index (χ0) is 23.1. The van der Waals surface area contributed by atoms with Gasteiger partial charge in [0.15, 0.2) is 4.90 Å². The van der Waals surface area contributed by atoms with Crippen LogP contribution >= 0.6 is 0 Å². The molecule has 0 aromatic heterocycles. The predicted molar refractivity (Wildman–Crippen MR) is 118 cm³/mol. The Morgan fingerprint density at radius 1 is 1.03 bits per heavy atom. The lowest BCUT2D eigenvalue weighted by atomic mass is 10.2. The first-order valence-electron chi connectivity index (χ1n) is 9.22. The molecule has 11 heteroatoms. The van der Waals surface area contributed by atoms with E-state index in [2.05, 4.69) is 10.5 Å². The van der Waals surface area contributed by atoms with Gasteiger partial charge >= 0.3 is 0 Å². The summed E-state index contributed by atoms with van der Waals surface area (Å²) < 4.78 is 27.4. The molecule has 0 unspecified atom stereocenters. The van der Waals surface area contributed by atoms with Gasteiger partial charge < -0.3 is 5.11 Å². The molecule has 3 aromatic rings. The second kappa shape index (κ2) is 9.71. The van der Waals surface area contributed by atoms with Crippen molar-refractivity contribution >= 4 is 33.5 Å². The third kappa shape index (κ3) is 5.08. The number of nitro groups is 1. The molecular weight excluding hydrogens is 436 g/mol. The Kier molecular flexibility index (Phi) is 6.80. The number of hydrazone groups is 1. The summed E-state index contributed by atoms with van der Waals surface area (Å²) in [7, 11) is -4.47. The maximum absolute atomic E-state index is 13.3. The number of sulfonamides is 1. The van der Waals surface area contributed by atoms with Crippen molar-refractivity contribution in [2.45, 2.75) is 4.90 Å². The number of phenolic OH excluding ortho intramolecular Hbond substituents is 1. The standard InChI is InChI=1S/C21H18N4O6S/c26-19-12-6-4-8-16(19)14-22-23-21(27)15-24(17-9-2-1-3-10-17)32(30,31)20-13-7-5-11-18(20)25(28)29/h1-14,26H,15H2,(H,23,27). The second-order valence-electron chi connectivity index (χ2n) is 6.42. The number of para-hydroxylation sites is 3. The number of hydrogen-bond donors (Lipinski definition) is 2. The fourth-order valence-corrected chi connectivity index (χ4v) is 4.37. The molecule has 0 saturated heterocycles. The van der Waals surface area contributed by atoms with Crippen molar-refractivity contribution < 1.29 is 23.2 Å². The molecule has 1 amide bonds. The van der Waals surface area contributed by atoms with Crippen LogP contribution in [0.4, 0.5) is 11.4 Å². The van der Waals surface area contributed by atoms with Crippen LogP contribution in [-0.2, 0) is 14.8 Å². The van der Waals surface area contributed by atoms with Gasteiger partial charge in [-0.05, 0) is 30.3 Å². The number of hydrogen-bond acceptors (Lipinski definition) is 7. The minimum atomic E-state index is -4.47. The molecule has 0 aliphatic carbocycles. The van der Waals surface area contributed by atoms with Crippen LogP contribution in [-0.4, -0.2) is 37.1 Å². The number of nitrogens with zero attached hydrogens (tertiary/aromatic N) is 3. The van der Waals surface area contributed by atoms with Crippen LogP contribution < -0.4 is 9.73 Å². The van der Waals surface area contributed by atoms with Gasteiger partial charge in [0, 0.05) is 11.6 Å². The van der Waals surface area contributed by atoms with E-state index in [0.717, 1.165) is 16.4 Å². The summed E-state index contributed by atoms with van der Waals surface area (Å²) in [6, 6.07) is 18.9. The van der Waals surface area contributed by atoms with Crippen molar-refractivity contribution in [1.82, 2.24) is 5.43 Å². The zero-order valence-electron chi connectivity index (χ0n) is 16.5. The van der Waals surface area contributed by atoms with E-state index in [0.29, 0.717) is 5.56 Å². The minimum Gasteiger partial charge on any atom is -0.507 e. The molecule has 0 saturated carbocycles. The highest BCUT2D eigenvalue weighted by atomic mass is 32.2. The molecule has 0 bridgehead atoms. The molecule has 0 fully saturated rings. The predicted octanol–water partition coefficient (Wildman–Crippen LogP) is 2.65. The van der Waals surface area contributed by atoms with Gasteiger partial charge in [0.2, 0.25) is 0 Å². The molecule has 0 aliphatic rings. The van der Waals surface area contributed by atoms with Crippen molar-refractivity contribution in [3.63, 3.8) is 0 Å². The number of rotatable bonds is 8. The molecular formula is C21H18N4O6S. The Labute approximate surface area is 183 Å². The third-order valence-electron chi connectivity index (χ3n) is 4.29. The molecule has 0 radical (unpaired) electrons. The highest BCUT2D eigenvalue weighted by Gasteiger charge is 2.33. The first-order valence-corrected chi connectivity index (χ1v) is 10.7. The van der Waals surface area contributed by atoms with Gasteiger partial charge in [-0.2, -0.15) is 5.10 Å². The summed E-state index contributed by atoms with van der Waals surface area (Å²) in [4.78, 5) is 22.5. The van der Waals surface area contributed by atoms with Gasteiger partial charge in [-0.1, -0.05) is 42.5 Å². The summed E-state index contributed by atoms with van der Waals surface area (Å²) in [6.45, 7) is -0.684. The number of phenols is 1. The lowest BCUT2D eigenvalue weighted by Gasteiger charge is -2.23. The van der Waals surface area contributed by atoms with E-state index in [1.54, 1.807) is 36.4 Å². The molecule has 0 aliphatic heterocycles. The van der Waals surface area contributed by atoms with Crippen LogP contribution in [0.2, 0.25) is 0 Å². The topological polar surface area (TPSA) is 142 Å². The van der Waals surface area contributed by atoms with Gasteiger partial charge in [-0.15, -0.1) is 0 Å². The van der Waals surface area contributed by atoms with E-state index < -0.39 is 38.0 Å². The molecule has 3 aromatic carbocycles. The number of nitro benzene ring substituents is 1. The Bertz CT molecular complexity index is 1260. The first kappa shape index (κ1) is 22.4. The van der Waals surface area contributed by atoms with Crippen LogP contribution in [0.25, 0.3) is 0 Å². The van der Waals surface area contributed by atoms with E-state index >= 15 is 0 Å². The average molecular weight is 454 g/mol. The van der Waals surface area contributed by atoms with Gasteiger partial charge in [0.1, 0.15) is 12.3 Å². The summed E-state index contributed by atoms with van der Waals surface area (Å²) in [6.07, 6.45) is 1.20. The van der Waals surface area contributed by atoms with Crippen LogP contribution in [0.3, 0.4) is 0 Å². The summed E-state index contributed by atoms with van der Waals surface area (Å²) in [5.74, 6) is -0.835. The van der Waals surface area contributed by atoms with E-state index in [1.807, 2.05) is 0 Å². The number of carbonyl (C=O) groups is 1. The van der Waals surface area contributed by atoms with Crippen molar-refractivity contribution in [3.05, 3.63) is 94.5 Å². The fourth-order valence-electron chi connectivity index (χ4n) is 2.79. The van der Waals surface area contributed by atoms with E-state index in [-0.39, 0.29) is 11.4 Å². The number of amides is 1. The molecule has 164 valence electrons. The fraction of sp³-hybridized carbons (Fsp3) is 0.0476. The number of nitrogens with one attached hydrogen (secondary N) is 1. The van der Waals surface area contributed by atoms with Crippen LogP contribution in [0.1, 0.15) is 5.56 Å². The Morgan fingerprint density at radius 2 is 1.66 bits per heavy atom. The molecule has 3 rings (SSSR count). The van der Waals surface area contributed by atoms with Gasteiger partial charge in [0.25, 0.3) is 21.6 Å². The van der Waals surface area contributed by atoms with E-state index in [4.69, 9.17) is 0 Å². The lowest BCUT2D eigenvalue weighted by Crippen LogP contribution is -2.39. The molecule has 0 heterocycles. The van der Waals surface area contributed by atoms with Gasteiger partial charge in [0.05, 0.1) is 16.8 Å². The van der Waals surface area contributed by atoms with Crippen LogP contribution in [0.15, 0.2) is 88.9 Å². The van der Waals surface area contributed by atoms with Crippen molar-refractivity contribution in [3.8, 4) is 5.75 Å². The SMILES string of the molecule is O=C(CN(c1ccccc1)S(=O)(=O)c1ccccc1[N+](=O)[O-])NN=Cc1ccccc1O. The Morgan fingerprint density at radius 3 is 2.34 bits per heavy atom. The Hall–Kier alpha value is -4.25. The number of carbonyl (C=O) groups excluding carboxylic acids is 1. The molecule has 0 atom stereocenters. The molecule has 0 spiro atoms. The van der Waals surface area contributed by atoms with Crippen molar-refractivity contribution in [2.75, 3.05) is 10.8 Å². The monoisotopic (exact) mass is 454 g/mol. The minimum absolute atomic E-state index is 0.0459. The largest absolute Gasteiger partial charge is 0.507 e. The maximum Gasteiger partial charge on any atom is 0.289 e. The quantitative estimate of drug-likeness (QED) is 0.304. The summed E-state index contributed by atoms with van der Waals surface area (Å²) in [5.41, 5.74) is 2.09. The van der Waals surface area contributed by atoms with Crippen LogP contribution in [0, 0.1) is 10.1 Å². The lowest BCUT2D eigenvalue weighted by molar-refractivity contribution is -0.387. The number of anilines is 1. The number of aromatic hydroxyl groups is 1. The highest BCUT2D eigenvalue weighted by Crippen LogP contribution is 2.29. The zero-order valence-corrected chi connectivity index (χ0v) is 17.3. The summed E-state index contributed by atoms with van der Waals surface area (Å²) in [5, 5.41) is 24.8. The second-order valence-corrected chi connectivity index (χ2v) is 8.25. The molecule has 2 N–H and O–H groups in total. The normalized spacial score (nSPS) is 11.2. The van der Waals surface area contributed by atoms with E-state index in [1.165, 1.54) is 36.5 Å². The van der Waals surface area contributed by atoms with E-state index in [9.17, 15) is 28.4 Å².